The van der Waals surface area contributed by atoms with Gasteiger partial charge in [0.25, 0.3) is 5.91 Å². The Morgan fingerprint density at radius 2 is 1.95 bits per heavy atom. The molecule has 0 spiro atoms. The summed E-state index contributed by atoms with van der Waals surface area (Å²) >= 11 is 13.2. The van der Waals surface area contributed by atoms with E-state index in [2.05, 4.69) is 45.2 Å². The SMILES string of the molecule is COc1ccc(NC(=O)c2cccc(-c3csc(NC(=O)C4(C)CC5C(=S)NC4C4C=CC=CC54)n3)c2)cc1Cl. The summed E-state index contributed by atoms with van der Waals surface area (Å²) in [5.74, 6) is 0.887. The van der Waals surface area contributed by atoms with E-state index in [-0.39, 0.29) is 29.7 Å². The molecular formula is C30H27ClN4O3S2. The highest BCUT2D eigenvalue weighted by molar-refractivity contribution is 7.80. The van der Waals surface area contributed by atoms with Gasteiger partial charge in [-0.1, -0.05) is 60.3 Å². The molecule has 2 saturated heterocycles. The number of rotatable bonds is 6. The van der Waals surface area contributed by atoms with Gasteiger partial charge in [-0.25, -0.2) is 4.98 Å². The van der Waals surface area contributed by atoms with Gasteiger partial charge in [0.2, 0.25) is 5.91 Å². The lowest BCUT2D eigenvalue weighted by Crippen LogP contribution is -2.68. The second-order valence-electron chi connectivity index (χ2n) is 10.5. The minimum Gasteiger partial charge on any atom is -0.495 e. The Morgan fingerprint density at radius 1 is 1.15 bits per heavy atom. The molecule has 7 rings (SSSR count). The number of methoxy groups -OCH3 is 1. The summed E-state index contributed by atoms with van der Waals surface area (Å²) < 4.78 is 5.17. The summed E-state index contributed by atoms with van der Waals surface area (Å²) in [7, 11) is 1.54. The Kier molecular flexibility index (Phi) is 6.98. The van der Waals surface area contributed by atoms with Crippen molar-refractivity contribution in [3.63, 3.8) is 0 Å². The van der Waals surface area contributed by atoms with Gasteiger partial charge in [0.05, 0.1) is 28.2 Å². The number of amides is 2. The van der Waals surface area contributed by atoms with Crippen molar-refractivity contribution in [1.82, 2.24) is 10.3 Å². The zero-order valence-corrected chi connectivity index (χ0v) is 24.2. The maximum absolute atomic E-state index is 13.6. The predicted octanol–water partition coefficient (Wildman–Crippen LogP) is 6.35. The summed E-state index contributed by atoms with van der Waals surface area (Å²) in [6, 6.07) is 12.2. The van der Waals surface area contributed by atoms with Crippen LogP contribution in [0.3, 0.4) is 0 Å². The molecule has 1 saturated carbocycles. The number of nitrogens with zero attached hydrogens (tertiary/aromatic N) is 1. The standard InChI is InChI=1S/C30H27ClN4O3S2/c1-30(14-21-19-8-3-4-9-20(19)25(30)34-27(21)39)28(37)35-29-33-23(15-40-29)16-6-5-7-17(12-16)26(36)32-18-10-11-24(38-2)22(31)13-18/h3-13,15,19-21,25H,14H2,1-2H3,(H,32,36)(H,34,39)(H,33,35,37). The molecule has 7 nitrogen and oxygen atoms in total. The first-order valence-corrected chi connectivity index (χ1v) is 14.6. The van der Waals surface area contributed by atoms with E-state index in [1.165, 1.54) is 18.4 Å². The third-order valence-electron chi connectivity index (χ3n) is 8.11. The van der Waals surface area contributed by atoms with Crippen LogP contribution >= 0.6 is 35.2 Å². The van der Waals surface area contributed by atoms with Gasteiger partial charge in [-0.2, -0.15) is 0 Å². The lowest BCUT2D eigenvalue weighted by molar-refractivity contribution is -0.131. The number of thiazole rings is 1. The van der Waals surface area contributed by atoms with Crippen molar-refractivity contribution in [2.45, 2.75) is 19.4 Å². The van der Waals surface area contributed by atoms with E-state index in [0.717, 1.165) is 10.6 Å². The van der Waals surface area contributed by atoms with Crippen LogP contribution in [0.1, 0.15) is 23.7 Å². The molecule has 2 aromatic carbocycles. The fraction of sp³-hybridized carbons (Fsp3) is 0.267. The number of carbonyl (C=O) groups excluding carboxylic acids is 2. The lowest BCUT2D eigenvalue weighted by Gasteiger charge is -2.56. The molecule has 5 atom stereocenters. The molecule has 3 fully saturated rings. The summed E-state index contributed by atoms with van der Waals surface area (Å²) in [5.41, 5.74) is 1.86. The van der Waals surface area contributed by atoms with Crippen molar-refractivity contribution >= 4 is 62.8 Å². The van der Waals surface area contributed by atoms with Gasteiger partial charge in [-0.15, -0.1) is 11.3 Å². The molecule has 3 N–H and O–H groups in total. The van der Waals surface area contributed by atoms with Crippen LogP contribution in [0.25, 0.3) is 11.3 Å². The Morgan fingerprint density at radius 3 is 2.73 bits per heavy atom. The number of ether oxygens (including phenoxy) is 1. The van der Waals surface area contributed by atoms with Crippen molar-refractivity contribution in [2.24, 2.45) is 23.2 Å². The highest BCUT2D eigenvalue weighted by Crippen LogP contribution is 2.52. The van der Waals surface area contributed by atoms with E-state index in [0.29, 0.717) is 45.2 Å². The zero-order valence-electron chi connectivity index (χ0n) is 21.8. The number of aromatic nitrogens is 1. The summed E-state index contributed by atoms with van der Waals surface area (Å²) in [5, 5.41) is 12.2. The first-order valence-electron chi connectivity index (χ1n) is 12.9. The van der Waals surface area contributed by atoms with Crippen LogP contribution in [0.4, 0.5) is 10.8 Å². The Labute approximate surface area is 246 Å². The summed E-state index contributed by atoms with van der Waals surface area (Å²) in [6.07, 6.45) is 9.24. The highest BCUT2D eigenvalue weighted by atomic mass is 35.5. The van der Waals surface area contributed by atoms with Crippen molar-refractivity contribution in [3.05, 3.63) is 82.7 Å². The number of carbonyl (C=O) groups is 2. The number of nitrogens with one attached hydrogen (secondary N) is 3. The van der Waals surface area contributed by atoms with Gasteiger partial charge in [0.1, 0.15) is 5.75 Å². The number of hydrogen-bond acceptors (Lipinski definition) is 6. The fourth-order valence-corrected chi connectivity index (χ4v) is 7.35. The van der Waals surface area contributed by atoms with E-state index >= 15 is 0 Å². The zero-order chi connectivity index (χ0) is 28.0. The predicted molar refractivity (Wildman–Crippen MR) is 163 cm³/mol. The molecule has 0 radical (unpaired) electrons. The molecule has 2 bridgehead atoms. The smallest absolute Gasteiger partial charge is 0.255 e. The van der Waals surface area contributed by atoms with Gasteiger partial charge < -0.3 is 20.7 Å². The molecule has 5 unspecified atom stereocenters. The van der Waals surface area contributed by atoms with Gasteiger partial charge in [0.15, 0.2) is 5.13 Å². The Balaban J connectivity index is 1.16. The van der Waals surface area contributed by atoms with Gasteiger partial charge in [-0.05, 0) is 49.6 Å². The third kappa shape index (κ3) is 4.72. The molecule has 1 aromatic heterocycles. The minimum atomic E-state index is -0.627. The fourth-order valence-electron chi connectivity index (χ4n) is 6.01. The largest absolute Gasteiger partial charge is 0.495 e. The van der Waals surface area contributed by atoms with Crippen LogP contribution in [-0.4, -0.2) is 34.9 Å². The second kappa shape index (κ2) is 10.5. The molecule has 204 valence electrons. The van der Waals surface area contributed by atoms with Crippen molar-refractivity contribution in [2.75, 3.05) is 17.7 Å². The molecular weight excluding hydrogens is 564 g/mol. The number of allylic oxidation sites excluding steroid dienone is 3. The second-order valence-corrected chi connectivity index (χ2v) is 12.2. The number of fused-ring (bicyclic) bond motifs is 2. The van der Waals surface area contributed by atoms with Gasteiger partial charge >= 0.3 is 0 Å². The quantitative estimate of drug-likeness (QED) is 0.290. The maximum atomic E-state index is 13.6. The van der Waals surface area contributed by atoms with Crippen molar-refractivity contribution < 1.29 is 14.3 Å². The number of thiocarbonyl (C=S) groups is 1. The van der Waals surface area contributed by atoms with Crippen LogP contribution in [0.5, 0.6) is 5.75 Å². The average molecular weight is 591 g/mol. The first-order chi connectivity index (χ1) is 19.3. The number of halogens is 1. The topological polar surface area (TPSA) is 92.4 Å². The summed E-state index contributed by atoms with van der Waals surface area (Å²) in [6.45, 7) is 2.02. The van der Waals surface area contributed by atoms with E-state index < -0.39 is 5.41 Å². The van der Waals surface area contributed by atoms with Gasteiger partial charge in [0, 0.05) is 40.1 Å². The van der Waals surface area contributed by atoms with E-state index in [4.69, 9.17) is 28.6 Å². The van der Waals surface area contributed by atoms with Crippen LogP contribution in [0.15, 0.2) is 72.1 Å². The first kappa shape index (κ1) is 26.7. The molecule has 40 heavy (non-hydrogen) atoms. The van der Waals surface area contributed by atoms with E-state index in [9.17, 15) is 9.59 Å². The molecule has 2 aliphatic heterocycles. The van der Waals surface area contributed by atoms with Crippen molar-refractivity contribution in [1.29, 1.82) is 0 Å². The molecule has 2 aliphatic carbocycles. The molecule has 4 aliphatic rings. The number of anilines is 2. The molecule has 3 heterocycles. The van der Waals surface area contributed by atoms with Crippen molar-refractivity contribution in [3.8, 4) is 17.0 Å². The number of piperidine rings is 2. The van der Waals surface area contributed by atoms with Crippen LogP contribution < -0.4 is 20.7 Å². The van der Waals surface area contributed by atoms with Crippen LogP contribution in [0, 0.1) is 23.2 Å². The third-order valence-corrected chi connectivity index (χ3v) is 9.58. The van der Waals surface area contributed by atoms with E-state index in [1.807, 2.05) is 18.4 Å². The Bertz CT molecular complexity index is 1580. The number of benzene rings is 2. The van der Waals surface area contributed by atoms with Crippen LogP contribution in [0.2, 0.25) is 5.02 Å². The summed E-state index contributed by atoms with van der Waals surface area (Å²) in [4.78, 5) is 32.1. The molecule has 2 amide bonds. The van der Waals surface area contributed by atoms with E-state index in [1.54, 1.807) is 36.4 Å². The highest BCUT2D eigenvalue weighted by Gasteiger charge is 2.58. The minimum absolute atomic E-state index is 0.0638. The average Bonchev–Trinajstić information content (AvgIpc) is 3.43. The number of hydrogen-bond donors (Lipinski definition) is 3. The maximum Gasteiger partial charge on any atom is 0.255 e. The lowest BCUT2D eigenvalue weighted by atomic mass is 9.54. The van der Waals surface area contributed by atoms with Gasteiger partial charge in [-0.3, -0.25) is 9.59 Å². The van der Waals surface area contributed by atoms with Crippen LogP contribution in [-0.2, 0) is 4.79 Å². The Hall–Kier alpha value is -3.53. The monoisotopic (exact) mass is 590 g/mol. The normalized spacial score (nSPS) is 26.1. The molecule has 3 aromatic rings. The molecule has 10 heteroatoms.